The molecule has 2 saturated carbocycles. The van der Waals surface area contributed by atoms with Crippen LogP contribution in [0.2, 0.25) is 0 Å². The third-order valence-corrected chi connectivity index (χ3v) is 6.14. The molecule has 0 atom stereocenters. The number of aromatic nitrogens is 4. The van der Waals surface area contributed by atoms with Crippen LogP contribution in [0.4, 0.5) is 0 Å². The summed E-state index contributed by atoms with van der Waals surface area (Å²) in [7, 11) is 1.91. The van der Waals surface area contributed by atoms with Gasteiger partial charge in [0.05, 0.1) is 4.99 Å². The molecule has 0 saturated heterocycles. The van der Waals surface area contributed by atoms with E-state index >= 15 is 0 Å². The van der Waals surface area contributed by atoms with Gasteiger partial charge in [-0.2, -0.15) is 0 Å². The molecule has 5 nitrogen and oxygen atoms in total. The summed E-state index contributed by atoms with van der Waals surface area (Å²) in [5, 5.41) is 11.7. The molecular formula is C18H31N5S. The Labute approximate surface area is 151 Å². The quantitative estimate of drug-likeness (QED) is 0.731. The van der Waals surface area contributed by atoms with Gasteiger partial charge in [0.1, 0.15) is 0 Å². The van der Waals surface area contributed by atoms with Crippen LogP contribution in [-0.4, -0.2) is 42.2 Å². The summed E-state index contributed by atoms with van der Waals surface area (Å²) in [6.07, 6.45) is 16.6. The van der Waals surface area contributed by atoms with Gasteiger partial charge in [0.2, 0.25) is 0 Å². The third kappa shape index (κ3) is 4.52. The Morgan fingerprint density at radius 3 is 2.12 bits per heavy atom. The largest absolute Gasteiger partial charge is 0.360 e. The summed E-state index contributed by atoms with van der Waals surface area (Å²) in [4.78, 5) is 3.88. The summed E-state index contributed by atoms with van der Waals surface area (Å²) in [5.74, 6) is 0.958. The van der Waals surface area contributed by atoms with E-state index < -0.39 is 0 Å². The lowest BCUT2D eigenvalue weighted by Gasteiger charge is -2.43. The van der Waals surface area contributed by atoms with Crippen LogP contribution in [0.5, 0.6) is 0 Å². The lowest BCUT2D eigenvalue weighted by molar-refractivity contribution is 0.157. The minimum absolute atomic E-state index is 0.700. The highest BCUT2D eigenvalue weighted by Gasteiger charge is 2.30. The van der Waals surface area contributed by atoms with Crippen molar-refractivity contribution in [1.29, 1.82) is 0 Å². The van der Waals surface area contributed by atoms with Gasteiger partial charge >= 0.3 is 0 Å². The number of hydrogen-bond acceptors (Lipinski definition) is 4. The van der Waals surface area contributed by atoms with Crippen LogP contribution in [0.25, 0.3) is 0 Å². The smallest absolute Gasteiger partial charge is 0.150 e. The highest BCUT2D eigenvalue weighted by Crippen LogP contribution is 2.31. The fourth-order valence-electron chi connectivity index (χ4n) is 4.41. The first-order chi connectivity index (χ1) is 11.8. The van der Waals surface area contributed by atoms with Gasteiger partial charge < -0.3 is 4.90 Å². The highest BCUT2D eigenvalue weighted by molar-refractivity contribution is 7.80. The topological polar surface area (TPSA) is 46.8 Å². The number of thiocarbonyl (C=S) groups is 1. The van der Waals surface area contributed by atoms with Gasteiger partial charge in [-0.05, 0) is 49.0 Å². The van der Waals surface area contributed by atoms with E-state index in [9.17, 15) is 0 Å². The summed E-state index contributed by atoms with van der Waals surface area (Å²) >= 11 is 5.93. The Morgan fingerprint density at radius 2 is 1.62 bits per heavy atom. The summed E-state index contributed by atoms with van der Waals surface area (Å²) in [5.41, 5.74) is 0. The van der Waals surface area contributed by atoms with E-state index in [0.29, 0.717) is 12.1 Å². The molecule has 1 aromatic heterocycles. The molecule has 134 valence electrons. The van der Waals surface area contributed by atoms with Gasteiger partial charge in [0, 0.05) is 25.6 Å². The van der Waals surface area contributed by atoms with Crippen molar-refractivity contribution in [3.63, 3.8) is 0 Å². The molecule has 2 aliphatic rings. The van der Waals surface area contributed by atoms with E-state index in [1.165, 1.54) is 69.2 Å². The molecular weight excluding hydrogens is 318 g/mol. The van der Waals surface area contributed by atoms with Gasteiger partial charge in [0.25, 0.3) is 0 Å². The first-order valence-electron chi connectivity index (χ1n) is 9.78. The molecule has 1 heterocycles. The zero-order valence-electron chi connectivity index (χ0n) is 15.0. The second-order valence-electron chi connectivity index (χ2n) is 7.46. The van der Waals surface area contributed by atoms with Crippen molar-refractivity contribution in [2.75, 3.05) is 0 Å². The number of rotatable bonds is 6. The van der Waals surface area contributed by atoms with Gasteiger partial charge in [-0.25, -0.2) is 4.68 Å². The van der Waals surface area contributed by atoms with Crippen LogP contribution in [0.3, 0.4) is 0 Å². The van der Waals surface area contributed by atoms with Gasteiger partial charge in [-0.15, -0.1) is 5.10 Å². The summed E-state index contributed by atoms with van der Waals surface area (Å²) in [6.45, 7) is 0. The van der Waals surface area contributed by atoms with Crippen molar-refractivity contribution in [3.8, 4) is 0 Å². The molecule has 3 rings (SSSR count). The SMILES string of the molecule is Cn1nnnc1CCCC(=S)N(C1CCCCC1)C1CCCCC1. The van der Waals surface area contributed by atoms with Gasteiger partial charge in [-0.3, -0.25) is 0 Å². The monoisotopic (exact) mass is 349 g/mol. The van der Waals surface area contributed by atoms with Crippen molar-refractivity contribution in [3.05, 3.63) is 5.82 Å². The van der Waals surface area contributed by atoms with Crippen molar-refractivity contribution in [2.24, 2.45) is 7.05 Å². The molecule has 0 spiro atoms. The molecule has 0 N–H and O–H groups in total. The van der Waals surface area contributed by atoms with Crippen LogP contribution in [0.1, 0.15) is 82.9 Å². The molecule has 2 fully saturated rings. The Kier molecular flexibility index (Phi) is 6.58. The number of aryl methyl sites for hydroxylation is 2. The molecule has 0 radical (unpaired) electrons. The Hall–Kier alpha value is -1.04. The van der Waals surface area contributed by atoms with E-state index in [1.807, 2.05) is 7.05 Å². The van der Waals surface area contributed by atoms with Crippen LogP contribution >= 0.6 is 12.2 Å². The molecule has 6 heteroatoms. The Bertz CT molecular complexity index is 499. The highest BCUT2D eigenvalue weighted by atomic mass is 32.1. The van der Waals surface area contributed by atoms with E-state index in [2.05, 4.69) is 20.4 Å². The van der Waals surface area contributed by atoms with Crippen LogP contribution in [0.15, 0.2) is 0 Å². The van der Waals surface area contributed by atoms with Crippen molar-refractivity contribution >= 4 is 17.2 Å². The zero-order valence-corrected chi connectivity index (χ0v) is 15.8. The summed E-state index contributed by atoms with van der Waals surface area (Å²) in [6, 6.07) is 1.40. The maximum absolute atomic E-state index is 5.93. The second kappa shape index (κ2) is 8.88. The van der Waals surface area contributed by atoms with Crippen molar-refractivity contribution in [2.45, 2.75) is 95.6 Å². The normalized spacial score (nSPS) is 20.2. The van der Waals surface area contributed by atoms with Gasteiger partial charge in [-0.1, -0.05) is 50.7 Å². The minimum atomic E-state index is 0.700. The molecule has 0 bridgehead atoms. The number of tetrazole rings is 1. The van der Waals surface area contributed by atoms with Crippen molar-refractivity contribution < 1.29 is 0 Å². The predicted molar refractivity (Wildman–Crippen MR) is 99.9 cm³/mol. The van der Waals surface area contributed by atoms with E-state index in [0.717, 1.165) is 25.1 Å². The number of hydrogen-bond donors (Lipinski definition) is 0. The first kappa shape index (κ1) is 17.8. The number of nitrogens with zero attached hydrogens (tertiary/aromatic N) is 5. The Balaban J connectivity index is 1.58. The third-order valence-electron chi connectivity index (χ3n) is 5.72. The molecule has 2 aliphatic carbocycles. The predicted octanol–water partition coefficient (Wildman–Crippen LogP) is 3.83. The first-order valence-corrected chi connectivity index (χ1v) is 10.2. The average molecular weight is 350 g/mol. The fourth-order valence-corrected chi connectivity index (χ4v) is 4.85. The average Bonchev–Trinajstić information content (AvgIpc) is 3.02. The van der Waals surface area contributed by atoms with Crippen molar-refractivity contribution in [1.82, 2.24) is 25.1 Å². The molecule has 0 amide bonds. The molecule has 1 aromatic rings. The maximum atomic E-state index is 5.93. The molecule has 0 unspecified atom stereocenters. The van der Waals surface area contributed by atoms with Crippen LogP contribution < -0.4 is 0 Å². The van der Waals surface area contributed by atoms with E-state index in [1.54, 1.807) is 4.68 Å². The Morgan fingerprint density at radius 1 is 1.04 bits per heavy atom. The zero-order chi connectivity index (χ0) is 16.8. The van der Waals surface area contributed by atoms with E-state index in [-0.39, 0.29) is 0 Å². The molecule has 0 aromatic carbocycles. The van der Waals surface area contributed by atoms with E-state index in [4.69, 9.17) is 12.2 Å². The molecule has 24 heavy (non-hydrogen) atoms. The standard InChI is InChI=1S/C18H31N5S/c1-22-17(19-20-21-22)13-8-14-18(24)23(15-9-4-2-5-10-15)16-11-6-3-7-12-16/h15-16H,2-14H2,1H3. The van der Waals surface area contributed by atoms with Crippen LogP contribution in [-0.2, 0) is 13.5 Å². The maximum Gasteiger partial charge on any atom is 0.150 e. The lowest BCUT2D eigenvalue weighted by Crippen LogP contribution is -2.48. The van der Waals surface area contributed by atoms with Crippen LogP contribution in [0, 0.1) is 0 Å². The lowest BCUT2D eigenvalue weighted by atomic mass is 9.88. The second-order valence-corrected chi connectivity index (χ2v) is 7.93. The van der Waals surface area contributed by atoms with Gasteiger partial charge in [0.15, 0.2) is 5.82 Å². The fraction of sp³-hybridized carbons (Fsp3) is 0.889. The molecule has 0 aliphatic heterocycles. The summed E-state index contributed by atoms with van der Waals surface area (Å²) < 4.78 is 1.77. The minimum Gasteiger partial charge on any atom is -0.360 e.